The molecule has 7 heteroatoms. The molecule has 1 aromatic carbocycles. The second-order valence-corrected chi connectivity index (χ2v) is 4.62. The van der Waals surface area contributed by atoms with Crippen molar-refractivity contribution in [1.29, 1.82) is 0 Å². The summed E-state index contributed by atoms with van der Waals surface area (Å²) < 4.78 is 18.6. The van der Waals surface area contributed by atoms with E-state index in [1.165, 1.54) is 19.2 Å². The molecule has 0 fully saturated rings. The van der Waals surface area contributed by atoms with Crippen LogP contribution in [0.1, 0.15) is 6.92 Å². The highest BCUT2D eigenvalue weighted by Crippen LogP contribution is 2.30. The van der Waals surface area contributed by atoms with E-state index in [-0.39, 0.29) is 28.5 Å². The van der Waals surface area contributed by atoms with E-state index in [1.807, 2.05) is 0 Å². The summed E-state index contributed by atoms with van der Waals surface area (Å²) in [6, 6.07) is 2.45. The van der Waals surface area contributed by atoms with Crippen LogP contribution < -0.4 is 15.4 Å². The monoisotopic (exact) mass is 308 g/mol. The first-order chi connectivity index (χ1) is 8.97. The van der Waals surface area contributed by atoms with E-state index < -0.39 is 5.82 Å². The Balaban J connectivity index is 2.64. The van der Waals surface area contributed by atoms with Gasteiger partial charge in [0.05, 0.1) is 17.8 Å². The predicted molar refractivity (Wildman–Crippen MR) is 74.8 cm³/mol. The van der Waals surface area contributed by atoms with Gasteiger partial charge in [0.15, 0.2) is 0 Å². The predicted octanol–water partition coefficient (Wildman–Crippen LogP) is 2.64. The van der Waals surface area contributed by atoms with Gasteiger partial charge in [-0.3, -0.25) is 4.79 Å². The number of hydrogen-bond donors (Lipinski definition) is 2. The molecule has 0 radical (unpaired) electrons. The smallest absolute Gasteiger partial charge is 0.235 e. The highest BCUT2D eigenvalue weighted by molar-refractivity contribution is 6.32. The largest absolute Gasteiger partial charge is 0.495 e. The minimum Gasteiger partial charge on any atom is -0.495 e. The van der Waals surface area contributed by atoms with Crippen LogP contribution in [-0.2, 0) is 4.79 Å². The molecular formula is C12H15Cl2FN2O2. The second kappa shape index (κ2) is 7.40. The van der Waals surface area contributed by atoms with Crippen LogP contribution in [0.25, 0.3) is 0 Å². The lowest BCUT2D eigenvalue weighted by atomic mass is 10.2. The van der Waals surface area contributed by atoms with Gasteiger partial charge >= 0.3 is 0 Å². The lowest BCUT2D eigenvalue weighted by molar-refractivity contribution is -0.119. The maximum absolute atomic E-state index is 13.6. The Bertz CT molecular complexity index is 458. The molecule has 1 rings (SSSR count). The molecule has 1 aromatic rings. The number of carbonyl (C=O) groups is 1. The molecule has 0 aliphatic carbocycles. The fourth-order valence-corrected chi connectivity index (χ4v) is 1.75. The van der Waals surface area contributed by atoms with Gasteiger partial charge in [-0.05, 0) is 13.0 Å². The van der Waals surface area contributed by atoms with Gasteiger partial charge in [-0.1, -0.05) is 11.6 Å². The van der Waals surface area contributed by atoms with Crippen molar-refractivity contribution in [2.45, 2.75) is 13.0 Å². The van der Waals surface area contributed by atoms with Crippen molar-refractivity contribution in [2.24, 2.45) is 0 Å². The SMILES string of the molecule is COc1cc(NCC(C)NC(=O)CCl)c(F)cc1Cl. The Kier molecular flexibility index (Phi) is 6.18. The van der Waals surface area contributed by atoms with Gasteiger partial charge in [-0.2, -0.15) is 0 Å². The first-order valence-corrected chi connectivity index (χ1v) is 6.51. The third kappa shape index (κ3) is 4.76. The number of ether oxygens (including phenoxy) is 1. The van der Waals surface area contributed by atoms with E-state index in [9.17, 15) is 9.18 Å². The van der Waals surface area contributed by atoms with E-state index in [4.69, 9.17) is 27.9 Å². The van der Waals surface area contributed by atoms with Gasteiger partial charge in [0.25, 0.3) is 0 Å². The minimum atomic E-state index is -0.485. The number of nitrogens with one attached hydrogen (secondary N) is 2. The van der Waals surface area contributed by atoms with Crippen molar-refractivity contribution in [3.63, 3.8) is 0 Å². The molecule has 106 valence electrons. The third-order valence-electron chi connectivity index (χ3n) is 2.37. The van der Waals surface area contributed by atoms with Crippen molar-refractivity contribution < 1.29 is 13.9 Å². The van der Waals surface area contributed by atoms with E-state index in [0.29, 0.717) is 12.3 Å². The fourth-order valence-electron chi connectivity index (χ4n) is 1.45. The summed E-state index contributed by atoms with van der Waals surface area (Å²) in [5.74, 6) is -0.484. The number of amides is 1. The summed E-state index contributed by atoms with van der Waals surface area (Å²) in [6.45, 7) is 2.13. The molecule has 0 aliphatic rings. The van der Waals surface area contributed by atoms with Crippen molar-refractivity contribution in [2.75, 3.05) is 24.9 Å². The minimum absolute atomic E-state index is 0.104. The van der Waals surface area contributed by atoms with Crippen molar-refractivity contribution in [3.05, 3.63) is 23.0 Å². The molecular weight excluding hydrogens is 294 g/mol. The number of carbonyl (C=O) groups excluding carboxylic acids is 1. The highest BCUT2D eigenvalue weighted by Gasteiger charge is 2.11. The van der Waals surface area contributed by atoms with Crippen LogP contribution in [-0.4, -0.2) is 31.5 Å². The van der Waals surface area contributed by atoms with Gasteiger partial charge in [0.2, 0.25) is 5.91 Å². The summed E-state index contributed by atoms with van der Waals surface area (Å²) in [7, 11) is 1.45. The summed E-state index contributed by atoms with van der Waals surface area (Å²) >= 11 is 11.2. The van der Waals surface area contributed by atoms with Gasteiger partial charge in [0, 0.05) is 18.7 Å². The standard InChI is InChI=1S/C12H15Cl2FN2O2/c1-7(17-12(18)5-13)6-16-10-4-11(19-2)8(14)3-9(10)15/h3-4,7,16H,5-6H2,1-2H3,(H,17,18). The average Bonchev–Trinajstić information content (AvgIpc) is 2.37. The molecule has 0 saturated heterocycles. The molecule has 4 nitrogen and oxygen atoms in total. The maximum Gasteiger partial charge on any atom is 0.235 e. The Labute approximate surface area is 121 Å². The van der Waals surface area contributed by atoms with Gasteiger partial charge in [0.1, 0.15) is 17.4 Å². The van der Waals surface area contributed by atoms with E-state index in [1.54, 1.807) is 6.92 Å². The molecule has 0 saturated carbocycles. The quantitative estimate of drug-likeness (QED) is 0.794. The van der Waals surface area contributed by atoms with Crippen molar-refractivity contribution >= 4 is 34.8 Å². The second-order valence-electron chi connectivity index (χ2n) is 3.95. The molecule has 0 heterocycles. The van der Waals surface area contributed by atoms with Crippen LogP contribution in [0.2, 0.25) is 5.02 Å². The van der Waals surface area contributed by atoms with Crippen LogP contribution in [0, 0.1) is 5.82 Å². The van der Waals surface area contributed by atoms with Crippen LogP contribution in [0.4, 0.5) is 10.1 Å². The summed E-state index contributed by atoms with van der Waals surface area (Å²) in [5, 5.41) is 5.72. The van der Waals surface area contributed by atoms with Crippen LogP contribution in [0.5, 0.6) is 5.75 Å². The molecule has 1 unspecified atom stereocenters. The Morgan fingerprint density at radius 3 is 2.79 bits per heavy atom. The Morgan fingerprint density at radius 2 is 2.21 bits per heavy atom. The third-order valence-corrected chi connectivity index (χ3v) is 2.91. The first kappa shape index (κ1) is 15.9. The van der Waals surface area contributed by atoms with Crippen LogP contribution >= 0.6 is 23.2 Å². The molecule has 19 heavy (non-hydrogen) atoms. The van der Waals surface area contributed by atoms with Gasteiger partial charge in [-0.25, -0.2) is 4.39 Å². The van der Waals surface area contributed by atoms with E-state index >= 15 is 0 Å². The summed E-state index contributed by atoms with van der Waals surface area (Å²) in [6.07, 6.45) is 0. The van der Waals surface area contributed by atoms with E-state index in [0.717, 1.165) is 0 Å². The molecule has 0 bridgehead atoms. The van der Waals surface area contributed by atoms with Crippen LogP contribution in [0.15, 0.2) is 12.1 Å². The van der Waals surface area contributed by atoms with Gasteiger partial charge in [-0.15, -0.1) is 11.6 Å². The van der Waals surface area contributed by atoms with Crippen molar-refractivity contribution in [1.82, 2.24) is 5.32 Å². The molecule has 1 amide bonds. The zero-order chi connectivity index (χ0) is 14.4. The molecule has 0 spiro atoms. The normalized spacial score (nSPS) is 11.8. The zero-order valence-electron chi connectivity index (χ0n) is 10.6. The number of hydrogen-bond acceptors (Lipinski definition) is 3. The molecule has 1 atom stereocenters. The molecule has 0 aliphatic heterocycles. The highest BCUT2D eigenvalue weighted by atomic mass is 35.5. The Morgan fingerprint density at radius 1 is 1.53 bits per heavy atom. The number of benzene rings is 1. The maximum atomic E-state index is 13.6. The van der Waals surface area contributed by atoms with Crippen molar-refractivity contribution in [3.8, 4) is 5.75 Å². The zero-order valence-corrected chi connectivity index (χ0v) is 12.1. The number of alkyl halides is 1. The number of rotatable bonds is 6. The summed E-state index contributed by atoms with van der Waals surface area (Å²) in [4.78, 5) is 11.1. The summed E-state index contributed by atoms with van der Waals surface area (Å²) in [5.41, 5.74) is 0.258. The van der Waals surface area contributed by atoms with Crippen LogP contribution in [0.3, 0.4) is 0 Å². The first-order valence-electron chi connectivity index (χ1n) is 5.60. The number of anilines is 1. The molecule has 0 aromatic heterocycles. The lowest BCUT2D eigenvalue weighted by Crippen LogP contribution is -2.38. The lowest BCUT2D eigenvalue weighted by Gasteiger charge is -2.16. The number of methoxy groups -OCH3 is 1. The topological polar surface area (TPSA) is 50.4 Å². The molecule has 2 N–H and O–H groups in total. The number of halogens is 3. The average molecular weight is 309 g/mol. The Hall–Kier alpha value is -1.20. The van der Waals surface area contributed by atoms with E-state index in [2.05, 4.69) is 10.6 Å². The fraction of sp³-hybridized carbons (Fsp3) is 0.417. The van der Waals surface area contributed by atoms with Gasteiger partial charge < -0.3 is 15.4 Å².